The number of hydrogen-bond acceptors (Lipinski definition) is 5. The molecule has 0 unspecified atom stereocenters. The molecule has 0 radical (unpaired) electrons. The van der Waals surface area contributed by atoms with Gasteiger partial charge >= 0.3 is 5.97 Å². The first-order valence-electron chi connectivity index (χ1n) is 9.76. The van der Waals surface area contributed by atoms with Crippen molar-refractivity contribution in [3.63, 3.8) is 0 Å². The molecule has 0 saturated carbocycles. The molecule has 1 N–H and O–H groups in total. The number of carboxylic acid groups (broad SMARTS) is 1. The molecule has 7 heteroatoms. The SMILES string of the molecule is O=C(O)CCC(=O)N1C[C@H](c2ccc3c(c2)OCO3)[C@H]2[C@@H]1C1CCN2CC1. The van der Waals surface area contributed by atoms with Crippen molar-refractivity contribution in [2.24, 2.45) is 5.92 Å². The van der Waals surface area contributed by atoms with Crippen molar-refractivity contribution >= 4 is 11.9 Å². The molecule has 3 atom stereocenters. The van der Waals surface area contributed by atoms with Crippen LogP contribution in [0.5, 0.6) is 11.5 Å². The topological polar surface area (TPSA) is 79.3 Å². The van der Waals surface area contributed by atoms with Gasteiger partial charge in [0, 0.05) is 24.9 Å². The third-order valence-electron chi connectivity index (χ3n) is 6.69. The number of fused-ring (bicyclic) bond motifs is 3. The number of carboxylic acids is 1. The Bertz CT molecular complexity index is 774. The lowest BCUT2D eigenvalue weighted by Gasteiger charge is -2.51. The fourth-order valence-electron chi connectivity index (χ4n) is 5.50. The van der Waals surface area contributed by atoms with Crippen molar-refractivity contribution in [1.29, 1.82) is 0 Å². The average Bonchev–Trinajstić information content (AvgIpc) is 3.32. The number of benzene rings is 1. The first-order valence-corrected chi connectivity index (χ1v) is 9.76. The Morgan fingerprint density at radius 1 is 1.07 bits per heavy atom. The number of aliphatic carboxylic acids is 1. The van der Waals surface area contributed by atoms with Crippen molar-refractivity contribution in [3.8, 4) is 11.5 Å². The molecule has 1 aromatic rings. The largest absolute Gasteiger partial charge is 0.481 e. The maximum atomic E-state index is 12.8. The van der Waals surface area contributed by atoms with Gasteiger partial charge in [0.2, 0.25) is 12.7 Å². The number of hydrogen-bond donors (Lipinski definition) is 1. The highest BCUT2D eigenvalue weighted by molar-refractivity contribution is 5.81. The minimum atomic E-state index is -0.916. The van der Waals surface area contributed by atoms with E-state index in [2.05, 4.69) is 17.0 Å². The molecule has 1 amide bonds. The highest BCUT2D eigenvalue weighted by Gasteiger charge is 2.54. The molecule has 5 aliphatic heterocycles. The van der Waals surface area contributed by atoms with Crippen molar-refractivity contribution in [1.82, 2.24) is 9.80 Å². The lowest BCUT2D eigenvalue weighted by atomic mass is 9.75. The number of rotatable bonds is 4. The average molecular weight is 372 g/mol. The van der Waals surface area contributed by atoms with E-state index in [1.54, 1.807) is 0 Å². The molecule has 144 valence electrons. The van der Waals surface area contributed by atoms with Crippen LogP contribution in [0.4, 0.5) is 0 Å². The maximum Gasteiger partial charge on any atom is 0.303 e. The first-order chi connectivity index (χ1) is 13.1. The standard InChI is InChI=1S/C20H24N2O5/c23-17(3-4-18(24)25)22-10-14(13-1-2-15-16(9-13)27-11-26-15)20-19(22)12-5-7-21(20)8-6-12/h1-2,9,12,14,19-20H,3-8,10-11H2,(H,24,25)/t14-,19+,20+/m1/s1. The van der Waals surface area contributed by atoms with Crippen LogP contribution in [0.25, 0.3) is 0 Å². The summed E-state index contributed by atoms with van der Waals surface area (Å²) in [4.78, 5) is 28.3. The molecule has 2 bridgehead atoms. The van der Waals surface area contributed by atoms with Crippen LogP contribution in [-0.2, 0) is 9.59 Å². The quantitative estimate of drug-likeness (QED) is 0.866. The molecular formula is C20H24N2O5. The molecule has 5 aliphatic rings. The second-order valence-corrected chi connectivity index (χ2v) is 8.01. The van der Waals surface area contributed by atoms with E-state index in [0.717, 1.165) is 37.4 Å². The summed E-state index contributed by atoms with van der Waals surface area (Å²) in [6.45, 7) is 3.08. The summed E-state index contributed by atoms with van der Waals surface area (Å²) >= 11 is 0. The van der Waals surface area contributed by atoms with Gasteiger partial charge in [0.1, 0.15) is 0 Å². The van der Waals surface area contributed by atoms with E-state index in [0.29, 0.717) is 18.5 Å². The van der Waals surface area contributed by atoms with E-state index in [1.807, 2.05) is 11.0 Å². The van der Waals surface area contributed by atoms with E-state index in [-0.39, 0.29) is 37.5 Å². The van der Waals surface area contributed by atoms with Gasteiger partial charge in [0.15, 0.2) is 11.5 Å². The summed E-state index contributed by atoms with van der Waals surface area (Å²) in [5, 5.41) is 8.96. The minimum Gasteiger partial charge on any atom is -0.481 e. The second kappa shape index (κ2) is 6.41. The second-order valence-electron chi connectivity index (χ2n) is 8.01. The van der Waals surface area contributed by atoms with Crippen LogP contribution < -0.4 is 9.47 Å². The van der Waals surface area contributed by atoms with E-state index in [1.165, 1.54) is 5.56 Å². The molecule has 6 rings (SSSR count). The maximum absolute atomic E-state index is 12.8. The van der Waals surface area contributed by atoms with Gasteiger partial charge in [-0.1, -0.05) is 6.07 Å². The Balaban J connectivity index is 1.45. The highest BCUT2D eigenvalue weighted by atomic mass is 16.7. The van der Waals surface area contributed by atoms with Crippen LogP contribution in [0, 0.1) is 5.92 Å². The predicted octanol–water partition coefficient (Wildman–Crippen LogP) is 1.67. The lowest BCUT2D eigenvalue weighted by molar-refractivity contribution is -0.142. The summed E-state index contributed by atoms with van der Waals surface area (Å²) in [5.74, 6) is 1.35. The number of carbonyl (C=O) groups is 2. The van der Waals surface area contributed by atoms with E-state index in [9.17, 15) is 9.59 Å². The molecule has 4 fully saturated rings. The zero-order valence-electron chi connectivity index (χ0n) is 15.2. The Labute approximate surface area is 157 Å². The third kappa shape index (κ3) is 2.76. The van der Waals surface area contributed by atoms with Crippen LogP contribution in [0.1, 0.15) is 37.2 Å². The normalized spacial score (nSPS) is 33.2. The van der Waals surface area contributed by atoms with Crippen molar-refractivity contribution in [2.75, 3.05) is 26.4 Å². The third-order valence-corrected chi connectivity index (χ3v) is 6.69. The van der Waals surface area contributed by atoms with Gasteiger partial charge < -0.3 is 19.5 Å². The summed E-state index contributed by atoms with van der Waals surface area (Å²) in [6.07, 6.45) is 2.23. The first kappa shape index (κ1) is 16.9. The Hall–Kier alpha value is -2.28. The van der Waals surface area contributed by atoms with Crippen molar-refractivity contribution < 1.29 is 24.2 Å². The molecule has 4 saturated heterocycles. The van der Waals surface area contributed by atoms with Crippen LogP contribution in [0.3, 0.4) is 0 Å². The van der Waals surface area contributed by atoms with Crippen molar-refractivity contribution in [2.45, 2.75) is 43.7 Å². The van der Waals surface area contributed by atoms with Crippen molar-refractivity contribution in [3.05, 3.63) is 23.8 Å². The number of nitrogens with zero attached hydrogens (tertiary/aromatic N) is 2. The fraction of sp³-hybridized carbons (Fsp3) is 0.600. The van der Waals surface area contributed by atoms with Crippen LogP contribution in [0.15, 0.2) is 18.2 Å². The number of likely N-dealkylation sites (tertiary alicyclic amines) is 1. The van der Waals surface area contributed by atoms with E-state index < -0.39 is 5.97 Å². The van der Waals surface area contributed by atoms with Gasteiger partial charge in [-0.2, -0.15) is 0 Å². The summed E-state index contributed by atoms with van der Waals surface area (Å²) in [5.41, 5.74) is 1.18. The molecule has 7 nitrogen and oxygen atoms in total. The number of ether oxygens (including phenoxy) is 2. The Morgan fingerprint density at radius 2 is 1.85 bits per heavy atom. The molecular weight excluding hydrogens is 348 g/mol. The molecule has 0 aliphatic carbocycles. The predicted molar refractivity (Wildman–Crippen MR) is 95.8 cm³/mol. The monoisotopic (exact) mass is 372 g/mol. The molecule has 1 aromatic carbocycles. The number of amides is 1. The van der Waals surface area contributed by atoms with Crippen LogP contribution in [-0.4, -0.2) is 65.3 Å². The smallest absolute Gasteiger partial charge is 0.303 e. The molecule has 0 aromatic heterocycles. The summed E-state index contributed by atoms with van der Waals surface area (Å²) < 4.78 is 11.0. The van der Waals surface area contributed by atoms with Gasteiger partial charge in [-0.25, -0.2) is 0 Å². The minimum absolute atomic E-state index is 0.0237. The van der Waals surface area contributed by atoms with E-state index in [4.69, 9.17) is 14.6 Å². The fourth-order valence-corrected chi connectivity index (χ4v) is 5.50. The van der Waals surface area contributed by atoms with Gasteiger partial charge in [0.05, 0.1) is 12.5 Å². The zero-order valence-corrected chi connectivity index (χ0v) is 15.2. The summed E-state index contributed by atoms with van der Waals surface area (Å²) in [7, 11) is 0. The van der Waals surface area contributed by atoms with Gasteiger partial charge in [-0.3, -0.25) is 14.5 Å². The van der Waals surface area contributed by atoms with Crippen LogP contribution >= 0.6 is 0 Å². The van der Waals surface area contributed by atoms with Crippen LogP contribution in [0.2, 0.25) is 0 Å². The molecule has 0 spiro atoms. The number of piperidine rings is 3. The summed E-state index contributed by atoms with van der Waals surface area (Å²) in [6, 6.07) is 6.61. The van der Waals surface area contributed by atoms with E-state index >= 15 is 0 Å². The number of carbonyl (C=O) groups excluding carboxylic acids is 1. The van der Waals surface area contributed by atoms with Gasteiger partial charge in [0.25, 0.3) is 0 Å². The lowest BCUT2D eigenvalue weighted by Crippen LogP contribution is -2.60. The molecule has 27 heavy (non-hydrogen) atoms. The Morgan fingerprint density at radius 3 is 2.63 bits per heavy atom. The molecule has 5 heterocycles. The van der Waals surface area contributed by atoms with Gasteiger partial charge in [-0.05, 0) is 49.5 Å². The van der Waals surface area contributed by atoms with Gasteiger partial charge in [-0.15, -0.1) is 0 Å². The zero-order chi connectivity index (χ0) is 18.5. The Kier molecular flexibility index (Phi) is 4.00. The highest BCUT2D eigenvalue weighted by Crippen LogP contribution is 2.48.